The maximum atomic E-state index is 12.8. The number of nitrogens with zero attached hydrogens (tertiary/aromatic N) is 1. The van der Waals surface area contributed by atoms with Crippen molar-refractivity contribution in [3.63, 3.8) is 0 Å². The number of alkyl halides is 2. The molecule has 0 spiro atoms. The van der Waals surface area contributed by atoms with Crippen LogP contribution in [-0.4, -0.2) is 50.6 Å². The van der Waals surface area contributed by atoms with Crippen LogP contribution in [0.25, 0.3) is 0 Å². The summed E-state index contributed by atoms with van der Waals surface area (Å²) in [4.78, 5) is 12.9. The van der Waals surface area contributed by atoms with Crippen LogP contribution in [0.3, 0.4) is 0 Å². The van der Waals surface area contributed by atoms with E-state index in [1.807, 2.05) is 0 Å². The highest BCUT2D eigenvalue weighted by atomic mass is 19.3. The average Bonchev–Trinajstić information content (AvgIpc) is 2.48. The largest absolute Gasteiger partial charge is 0.492 e. The van der Waals surface area contributed by atoms with E-state index in [2.05, 4.69) is 4.90 Å². The van der Waals surface area contributed by atoms with Gasteiger partial charge in [-0.25, -0.2) is 8.78 Å². The molecule has 20 heavy (non-hydrogen) atoms. The Kier molecular flexibility index (Phi) is 5.43. The number of aldehydes is 1. The van der Waals surface area contributed by atoms with Crippen LogP contribution in [0.4, 0.5) is 8.78 Å². The van der Waals surface area contributed by atoms with Crippen LogP contribution in [0.1, 0.15) is 22.3 Å². The van der Waals surface area contributed by atoms with E-state index in [1.54, 1.807) is 0 Å². The maximum Gasteiger partial charge on any atom is 0.264 e. The van der Waals surface area contributed by atoms with Crippen molar-refractivity contribution in [1.29, 1.82) is 0 Å². The fourth-order valence-electron chi connectivity index (χ4n) is 2.06. The first-order valence-corrected chi connectivity index (χ1v) is 6.51. The van der Waals surface area contributed by atoms with Gasteiger partial charge in [-0.05, 0) is 18.2 Å². The van der Waals surface area contributed by atoms with Crippen LogP contribution in [-0.2, 0) is 4.74 Å². The number of benzene rings is 1. The predicted octanol–water partition coefficient (Wildman–Crippen LogP) is 2.15. The lowest BCUT2D eigenvalue weighted by molar-refractivity contribution is 0.0322. The monoisotopic (exact) mass is 285 g/mol. The number of rotatable bonds is 6. The number of halogens is 2. The second-order valence-electron chi connectivity index (χ2n) is 4.51. The molecule has 0 radical (unpaired) electrons. The lowest BCUT2D eigenvalue weighted by atomic mass is 10.1. The normalized spacial score (nSPS) is 16.4. The summed E-state index contributed by atoms with van der Waals surface area (Å²) in [5, 5.41) is 0. The zero-order chi connectivity index (χ0) is 14.4. The van der Waals surface area contributed by atoms with Crippen molar-refractivity contribution < 1.29 is 23.0 Å². The summed E-state index contributed by atoms with van der Waals surface area (Å²) >= 11 is 0. The molecule has 6 heteroatoms. The Morgan fingerprint density at radius 2 is 2.10 bits per heavy atom. The molecule has 0 amide bonds. The van der Waals surface area contributed by atoms with Gasteiger partial charge in [0.15, 0.2) is 6.29 Å². The average molecular weight is 285 g/mol. The van der Waals surface area contributed by atoms with Gasteiger partial charge in [-0.2, -0.15) is 0 Å². The predicted molar refractivity (Wildman–Crippen MR) is 69.5 cm³/mol. The van der Waals surface area contributed by atoms with E-state index in [1.165, 1.54) is 18.2 Å². The lowest BCUT2D eigenvalue weighted by Gasteiger charge is -2.26. The number of carbonyl (C=O) groups is 1. The van der Waals surface area contributed by atoms with E-state index in [0.29, 0.717) is 31.9 Å². The van der Waals surface area contributed by atoms with Gasteiger partial charge in [0.1, 0.15) is 12.4 Å². The quantitative estimate of drug-likeness (QED) is 0.751. The molecule has 1 aliphatic heterocycles. The van der Waals surface area contributed by atoms with Gasteiger partial charge in [-0.3, -0.25) is 9.69 Å². The smallest absolute Gasteiger partial charge is 0.264 e. The summed E-state index contributed by atoms with van der Waals surface area (Å²) in [6.45, 7) is 4.28. The van der Waals surface area contributed by atoms with E-state index in [9.17, 15) is 13.6 Å². The molecular formula is C14H17F2NO3. The van der Waals surface area contributed by atoms with Crippen molar-refractivity contribution in [2.75, 3.05) is 39.5 Å². The summed E-state index contributed by atoms with van der Waals surface area (Å²) in [5.74, 6) is 0.360. The minimum absolute atomic E-state index is 0.000490. The summed E-state index contributed by atoms with van der Waals surface area (Å²) < 4.78 is 36.2. The van der Waals surface area contributed by atoms with Crippen LogP contribution in [0.5, 0.6) is 5.75 Å². The fourth-order valence-corrected chi connectivity index (χ4v) is 2.06. The third kappa shape index (κ3) is 3.98. The highest BCUT2D eigenvalue weighted by molar-refractivity contribution is 5.77. The van der Waals surface area contributed by atoms with Gasteiger partial charge in [0, 0.05) is 30.8 Å². The number of carbonyl (C=O) groups excluding carboxylic acids is 1. The minimum Gasteiger partial charge on any atom is -0.492 e. The molecular weight excluding hydrogens is 268 g/mol. The number of ether oxygens (including phenoxy) is 2. The molecule has 110 valence electrons. The number of hydrogen-bond acceptors (Lipinski definition) is 4. The molecule has 1 heterocycles. The second-order valence-corrected chi connectivity index (χ2v) is 4.51. The fraction of sp³-hybridized carbons (Fsp3) is 0.500. The van der Waals surface area contributed by atoms with Crippen LogP contribution in [0.2, 0.25) is 0 Å². The first-order chi connectivity index (χ1) is 9.70. The first kappa shape index (κ1) is 14.9. The van der Waals surface area contributed by atoms with Crippen molar-refractivity contribution in [2.24, 2.45) is 0 Å². The van der Waals surface area contributed by atoms with Crippen LogP contribution in [0, 0.1) is 0 Å². The van der Waals surface area contributed by atoms with Crippen molar-refractivity contribution in [3.8, 4) is 5.75 Å². The highest BCUT2D eigenvalue weighted by Gasteiger charge is 2.14. The molecule has 0 aromatic heterocycles. The summed E-state index contributed by atoms with van der Waals surface area (Å²) in [6, 6.07) is 4.13. The van der Waals surface area contributed by atoms with Gasteiger partial charge in [-0.15, -0.1) is 0 Å². The SMILES string of the molecule is O=Cc1ccc(OCCN2CCOCC2)cc1C(F)F. The Bertz CT molecular complexity index is 448. The molecule has 0 unspecified atom stereocenters. The molecule has 0 atom stereocenters. The van der Waals surface area contributed by atoms with Crippen molar-refractivity contribution in [2.45, 2.75) is 6.43 Å². The van der Waals surface area contributed by atoms with E-state index in [4.69, 9.17) is 9.47 Å². The molecule has 1 saturated heterocycles. The molecule has 0 N–H and O–H groups in total. The zero-order valence-electron chi connectivity index (χ0n) is 11.1. The van der Waals surface area contributed by atoms with Gasteiger partial charge >= 0.3 is 0 Å². The van der Waals surface area contributed by atoms with Gasteiger partial charge in [0.05, 0.1) is 13.2 Å². The summed E-state index contributed by atoms with van der Waals surface area (Å²) in [7, 11) is 0. The van der Waals surface area contributed by atoms with E-state index in [0.717, 1.165) is 19.6 Å². The molecule has 1 aromatic carbocycles. The van der Waals surface area contributed by atoms with Crippen LogP contribution >= 0.6 is 0 Å². The third-order valence-electron chi connectivity index (χ3n) is 3.20. The van der Waals surface area contributed by atoms with Gasteiger partial charge in [-0.1, -0.05) is 0 Å². The molecule has 2 rings (SSSR count). The van der Waals surface area contributed by atoms with Crippen molar-refractivity contribution in [3.05, 3.63) is 29.3 Å². The molecule has 1 aliphatic rings. The Morgan fingerprint density at radius 3 is 2.75 bits per heavy atom. The molecule has 1 aromatic rings. The van der Waals surface area contributed by atoms with E-state index >= 15 is 0 Å². The molecule has 1 fully saturated rings. The Labute approximate surface area is 116 Å². The first-order valence-electron chi connectivity index (χ1n) is 6.51. The Balaban J connectivity index is 1.89. The van der Waals surface area contributed by atoms with Crippen LogP contribution in [0.15, 0.2) is 18.2 Å². The minimum atomic E-state index is -2.68. The number of hydrogen-bond donors (Lipinski definition) is 0. The molecule has 0 bridgehead atoms. The lowest BCUT2D eigenvalue weighted by Crippen LogP contribution is -2.38. The van der Waals surface area contributed by atoms with E-state index < -0.39 is 6.43 Å². The van der Waals surface area contributed by atoms with Gasteiger partial charge in [0.25, 0.3) is 6.43 Å². The van der Waals surface area contributed by atoms with Gasteiger partial charge in [0.2, 0.25) is 0 Å². The molecule has 0 saturated carbocycles. The molecule has 4 nitrogen and oxygen atoms in total. The molecule has 0 aliphatic carbocycles. The third-order valence-corrected chi connectivity index (χ3v) is 3.20. The Morgan fingerprint density at radius 1 is 1.35 bits per heavy atom. The Hall–Kier alpha value is -1.53. The van der Waals surface area contributed by atoms with Gasteiger partial charge < -0.3 is 9.47 Å². The van der Waals surface area contributed by atoms with Crippen molar-refractivity contribution in [1.82, 2.24) is 4.90 Å². The van der Waals surface area contributed by atoms with E-state index in [-0.39, 0.29) is 11.1 Å². The second kappa shape index (κ2) is 7.31. The van der Waals surface area contributed by atoms with Crippen LogP contribution < -0.4 is 4.74 Å². The standard InChI is InChI=1S/C14H17F2NO3/c15-14(16)13-9-12(2-1-11(13)10-18)20-8-5-17-3-6-19-7-4-17/h1-2,9-10,14H,3-8H2. The number of morpholine rings is 1. The maximum absolute atomic E-state index is 12.8. The summed E-state index contributed by atoms with van der Waals surface area (Å²) in [6.07, 6.45) is -2.25. The topological polar surface area (TPSA) is 38.8 Å². The van der Waals surface area contributed by atoms with Crippen molar-refractivity contribution >= 4 is 6.29 Å². The highest BCUT2D eigenvalue weighted by Crippen LogP contribution is 2.26. The zero-order valence-corrected chi connectivity index (χ0v) is 11.1. The summed E-state index contributed by atoms with van der Waals surface area (Å²) in [5.41, 5.74) is -0.288.